The van der Waals surface area contributed by atoms with Crippen molar-refractivity contribution in [2.24, 2.45) is 0 Å². The molecule has 1 saturated heterocycles. The van der Waals surface area contributed by atoms with Crippen molar-refractivity contribution in [2.75, 3.05) is 27.3 Å². The average molecular weight is 252 g/mol. The van der Waals surface area contributed by atoms with Crippen molar-refractivity contribution >= 4 is 0 Å². The fourth-order valence-electron chi connectivity index (χ4n) is 2.47. The molecular weight excluding hydrogens is 230 g/mol. The molecule has 0 amide bonds. The lowest BCUT2D eigenvalue weighted by Gasteiger charge is -2.26. The summed E-state index contributed by atoms with van der Waals surface area (Å²) in [5, 5.41) is 9.49. The van der Waals surface area contributed by atoms with Gasteiger partial charge in [-0.05, 0) is 18.2 Å². The van der Waals surface area contributed by atoms with Gasteiger partial charge in [0.05, 0.1) is 33.4 Å². The highest BCUT2D eigenvalue weighted by Crippen LogP contribution is 2.27. The van der Waals surface area contributed by atoms with Gasteiger partial charge in [0.25, 0.3) is 0 Å². The predicted octanol–water partition coefficient (Wildman–Crippen LogP) is 0.243. The molecule has 1 aromatic carbocycles. The first-order chi connectivity index (χ1) is 8.72. The first-order valence-electron chi connectivity index (χ1n) is 6.45. The van der Waals surface area contributed by atoms with Gasteiger partial charge in [0.1, 0.15) is 6.54 Å². The van der Waals surface area contributed by atoms with E-state index in [0.717, 1.165) is 44.0 Å². The fourth-order valence-corrected chi connectivity index (χ4v) is 2.47. The van der Waals surface area contributed by atoms with Crippen molar-refractivity contribution in [3.05, 3.63) is 23.8 Å². The van der Waals surface area contributed by atoms with Crippen LogP contribution in [0.2, 0.25) is 0 Å². The van der Waals surface area contributed by atoms with E-state index in [4.69, 9.17) is 9.47 Å². The molecule has 1 aliphatic heterocycles. The van der Waals surface area contributed by atoms with Crippen LogP contribution in [0, 0.1) is 0 Å². The lowest BCUT2D eigenvalue weighted by Crippen LogP contribution is -3.12. The SMILES string of the molecule is COc1ccc(C[NH+]2CCC(O)CC2)cc1OC. The first kappa shape index (κ1) is 13.2. The van der Waals surface area contributed by atoms with Crippen molar-refractivity contribution < 1.29 is 19.5 Å². The number of piperidine rings is 1. The number of hydrogen-bond acceptors (Lipinski definition) is 3. The van der Waals surface area contributed by atoms with Crippen molar-refractivity contribution in [1.29, 1.82) is 0 Å². The fraction of sp³-hybridized carbons (Fsp3) is 0.571. The highest BCUT2D eigenvalue weighted by atomic mass is 16.5. The molecule has 0 spiro atoms. The third-order valence-corrected chi connectivity index (χ3v) is 3.56. The van der Waals surface area contributed by atoms with E-state index < -0.39 is 0 Å². The number of rotatable bonds is 4. The number of nitrogens with one attached hydrogen (secondary N) is 1. The van der Waals surface area contributed by atoms with E-state index in [-0.39, 0.29) is 6.10 Å². The lowest BCUT2D eigenvalue weighted by atomic mass is 10.1. The Labute approximate surface area is 108 Å². The number of ether oxygens (including phenoxy) is 2. The van der Waals surface area contributed by atoms with Crippen LogP contribution in [0.4, 0.5) is 0 Å². The van der Waals surface area contributed by atoms with Crippen molar-refractivity contribution in [2.45, 2.75) is 25.5 Å². The Morgan fingerprint density at radius 1 is 1.17 bits per heavy atom. The highest BCUT2D eigenvalue weighted by Gasteiger charge is 2.20. The average Bonchev–Trinajstić information content (AvgIpc) is 2.41. The third-order valence-electron chi connectivity index (χ3n) is 3.56. The summed E-state index contributed by atoms with van der Waals surface area (Å²) < 4.78 is 10.5. The van der Waals surface area contributed by atoms with Gasteiger partial charge in [-0.2, -0.15) is 0 Å². The lowest BCUT2D eigenvalue weighted by molar-refractivity contribution is -0.919. The number of methoxy groups -OCH3 is 2. The van der Waals surface area contributed by atoms with Crippen LogP contribution >= 0.6 is 0 Å². The molecule has 2 N–H and O–H groups in total. The largest absolute Gasteiger partial charge is 0.493 e. The molecule has 18 heavy (non-hydrogen) atoms. The van der Waals surface area contributed by atoms with Gasteiger partial charge >= 0.3 is 0 Å². The van der Waals surface area contributed by atoms with Gasteiger partial charge in [0.2, 0.25) is 0 Å². The maximum atomic E-state index is 9.49. The number of quaternary nitrogens is 1. The molecular formula is C14H22NO3+. The van der Waals surface area contributed by atoms with Crippen LogP contribution in [-0.2, 0) is 6.54 Å². The molecule has 1 aliphatic rings. The van der Waals surface area contributed by atoms with E-state index in [1.165, 1.54) is 10.5 Å². The molecule has 0 bridgehead atoms. The zero-order valence-electron chi connectivity index (χ0n) is 11.1. The molecule has 100 valence electrons. The zero-order valence-corrected chi connectivity index (χ0v) is 11.1. The number of aliphatic hydroxyl groups is 1. The minimum absolute atomic E-state index is 0.0980. The molecule has 1 fully saturated rings. The standard InChI is InChI=1S/C14H21NO3/c1-17-13-4-3-11(9-14(13)18-2)10-15-7-5-12(16)6-8-15/h3-4,9,12,16H,5-8,10H2,1-2H3/p+1. The van der Waals surface area contributed by atoms with Crippen LogP contribution in [0.3, 0.4) is 0 Å². The Morgan fingerprint density at radius 3 is 2.44 bits per heavy atom. The first-order valence-corrected chi connectivity index (χ1v) is 6.45. The molecule has 0 unspecified atom stereocenters. The van der Waals surface area contributed by atoms with Crippen LogP contribution in [0.15, 0.2) is 18.2 Å². The van der Waals surface area contributed by atoms with Crippen molar-refractivity contribution in [3.8, 4) is 11.5 Å². The molecule has 0 saturated carbocycles. The van der Waals surface area contributed by atoms with Gasteiger partial charge in [-0.1, -0.05) is 0 Å². The smallest absolute Gasteiger partial charge is 0.161 e. The minimum Gasteiger partial charge on any atom is -0.493 e. The molecule has 1 aromatic rings. The summed E-state index contributed by atoms with van der Waals surface area (Å²) in [5.41, 5.74) is 1.25. The van der Waals surface area contributed by atoms with Gasteiger partial charge in [-0.25, -0.2) is 0 Å². The summed E-state index contributed by atoms with van der Waals surface area (Å²) in [6, 6.07) is 6.07. The summed E-state index contributed by atoms with van der Waals surface area (Å²) in [5.74, 6) is 1.55. The predicted molar refractivity (Wildman–Crippen MR) is 69.2 cm³/mol. The van der Waals surface area contributed by atoms with Gasteiger partial charge in [-0.15, -0.1) is 0 Å². The molecule has 0 aromatic heterocycles. The van der Waals surface area contributed by atoms with Crippen molar-refractivity contribution in [1.82, 2.24) is 0 Å². The summed E-state index contributed by atoms with van der Waals surface area (Å²) in [6.07, 6.45) is 1.71. The third kappa shape index (κ3) is 3.15. The van der Waals surface area contributed by atoms with Crippen LogP contribution in [-0.4, -0.2) is 38.5 Å². The van der Waals surface area contributed by atoms with Crippen LogP contribution in [0.5, 0.6) is 11.5 Å². The molecule has 4 heteroatoms. The van der Waals surface area contributed by atoms with E-state index in [9.17, 15) is 5.11 Å². The summed E-state index contributed by atoms with van der Waals surface area (Å²) in [4.78, 5) is 1.52. The van der Waals surface area contributed by atoms with Gasteiger partial charge < -0.3 is 19.5 Å². The second-order valence-electron chi connectivity index (χ2n) is 4.85. The van der Waals surface area contributed by atoms with Crippen LogP contribution in [0.1, 0.15) is 18.4 Å². The van der Waals surface area contributed by atoms with Crippen LogP contribution in [0.25, 0.3) is 0 Å². The minimum atomic E-state index is -0.0980. The van der Waals surface area contributed by atoms with E-state index in [0.29, 0.717) is 0 Å². The second-order valence-corrected chi connectivity index (χ2v) is 4.85. The summed E-state index contributed by atoms with van der Waals surface area (Å²) in [7, 11) is 3.31. The molecule has 0 aliphatic carbocycles. The maximum absolute atomic E-state index is 9.49. The normalized spacial score (nSPS) is 23.7. The van der Waals surface area contributed by atoms with E-state index in [1.807, 2.05) is 12.1 Å². The quantitative estimate of drug-likeness (QED) is 0.807. The monoisotopic (exact) mass is 252 g/mol. The van der Waals surface area contributed by atoms with E-state index in [1.54, 1.807) is 14.2 Å². The molecule has 0 radical (unpaired) electrons. The summed E-state index contributed by atoms with van der Waals surface area (Å²) >= 11 is 0. The number of hydrogen-bond donors (Lipinski definition) is 2. The Morgan fingerprint density at radius 2 is 1.83 bits per heavy atom. The highest BCUT2D eigenvalue weighted by molar-refractivity contribution is 5.42. The Kier molecular flexibility index (Phi) is 4.44. The maximum Gasteiger partial charge on any atom is 0.161 e. The Hall–Kier alpha value is -1.26. The van der Waals surface area contributed by atoms with Crippen LogP contribution < -0.4 is 14.4 Å². The van der Waals surface area contributed by atoms with Crippen molar-refractivity contribution in [3.63, 3.8) is 0 Å². The van der Waals surface area contributed by atoms with Gasteiger partial charge in [-0.3, -0.25) is 0 Å². The topological polar surface area (TPSA) is 43.1 Å². The van der Waals surface area contributed by atoms with E-state index >= 15 is 0 Å². The summed E-state index contributed by atoms with van der Waals surface area (Å²) in [6.45, 7) is 3.05. The number of aliphatic hydroxyl groups excluding tert-OH is 1. The number of likely N-dealkylation sites (tertiary alicyclic amines) is 1. The van der Waals surface area contributed by atoms with E-state index in [2.05, 4.69) is 6.07 Å². The molecule has 2 rings (SSSR count). The molecule has 4 nitrogen and oxygen atoms in total. The Bertz CT molecular complexity index is 387. The second kappa shape index (κ2) is 6.07. The van der Waals surface area contributed by atoms with Gasteiger partial charge in [0.15, 0.2) is 11.5 Å². The number of benzene rings is 1. The molecule has 0 atom stereocenters. The zero-order chi connectivity index (χ0) is 13.0. The van der Waals surface area contributed by atoms with Gasteiger partial charge in [0, 0.05) is 18.4 Å². The molecule has 1 heterocycles. The Balaban J connectivity index is 2.01.